The van der Waals surface area contributed by atoms with Crippen molar-refractivity contribution in [2.75, 3.05) is 0 Å². The SMILES string of the molecule is FC(F)(F)C(=Nc1ccccc1)O[P+](c1ccccc1)(c1ccccc1)c1ccccc1. The minimum Gasteiger partial charge on any atom is -0.309 e. The number of hydrogen-bond donors (Lipinski definition) is 0. The monoisotopic (exact) mass is 450 g/mol. The average molecular weight is 450 g/mol. The van der Waals surface area contributed by atoms with Crippen LogP contribution in [0.2, 0.25) is 0 Å². The van der Waals surface area contributed by atoms with E-state index < -0.39 is 19.6 Å². The van der Waals surface area contributed by atoms with Gasteiger partial charge in [0.25, 0.3) is 7.49 Å². The van der Waals surface area contributed by atoms with Crippen LogP contribution in [-0.4, -0.2) is 12.1 Å². The van der Waals surface area contributed by atoms with E-state index in [2.05, 4.69) is 4.99 Å². The van der Waals surface area contributed by atoms with Gasteiger partial charge in [0.15, 0.2) is 0 Å². The molecule has 0 saturated carbocycles. The maximum Gasteiger partial charge on any atom is 0.473 e. The number of nitrogens with zero attached hydrogens (tertiary/aromatic N) is 1. The molecular weight excluding hydrogens is 430 g/mol. The lowest BCUT2D eigenvalue weighted by molar-refractivity contribution is -0.0703. The van der Waals surface area contributed by atoms with Crippen molar-refractivity contribution >= 4 is 35.0 Å². The molecule has 0 bridgehead atoms. The summed E-state index contributed by atoms with van der Waals surface area (Å²) in [6.07, 6.45) is -4.78. The summed E-state index contributed by atoms with van der Waals surface area (Å²) in [5.74, 6) is -1.27. The first-order chi connectivity index (χ1) is 15.5. The molecule has 160 valence electrons. The van der Waals surface area contributed by atoms with Gasteiger partial charge in [0.05, 0.1) is 5.69 Å². The molecule has 0 fully saturated rings. The predicted molar refractivity (Wildman–Crippen MR) is 126 cm³/mol. The molecule has 0 aromatic heterocycles. The van der Waals surface area contributed by atoms with Crippen molar-refractivity contribution in [1.82, 2.24) is 0 Å². The smallest absolute Gasteiger partial charge is 0.309 e. The lowest BCUT2D eigenvalue weighted by atomic mass is 10.3. The van der Waals surface area contributed by atoms with E-state index in [9.17, 15) is 13.2 Å². The van der Waals surface area contributed by atoms with Crippen molar-refractivity contribution < 1.29 is 17.7 Å². The number of alkyl halides is 3. The van der Waals surface area contributed by atoms with E-state index in [1.54, 1.807) is 54.6 Å². The van der Waals surface area contributed by atoms with Gasteiger partial charge in [-0.15, -0.1) is 0 Å². The van der Waals surface area contributed by atoms with Gasteiger partial charge in [-0.2, -0.15) is 13.2 Å². The highest BCUT2D eigenvalue weighted by Gasteiger charge is 2.55. The molecule has 0 aliphatic carbocycles. The van der Waals surface area contributed by atoms with Gasteiger partial charge in [-0.25, -0.2) is 4.99 Å². The van der Waals surface area contributed by atoms with Crippen LogP contribution in [0.1, 0.15) is 0 Å². The highest BCUT2D eigenvalue weighted by Crippen LogP contribution is 2.57. The summed E-state index contributed by atoms with van der Waals surface area (Å²) in [6.45, 7) is 0. The summed E-state index contributed by atoms with van der Waals surface area (Å²) in [7, 11) is -3.19. The zero-order valence-electron chi connectivity index (χ0n) is 17.0. The Balaban J connectivity index is 2.00. The second kappa shape index (κ2) is 9.37. The van der Waals surface area contributed by atoms with Crippen LogP contribution in [0.15, 0.2) is 126 Å². The first kappa shape index (κ1) is 21.8. The normalized spacial score (nSPS) is 12.4. The Kier molecular flexibility index (Phi) is 6.38. The van der Waals surface area contributed by atoms with E-state index in [0.717, 1.165) is 0 Å². The van der Waals surface area contributed by atoms with Crippen molar-refractivity contribution in [1.29, 1.82) is 0 Å². The van der Waals surface area contributed by atoms with Gasteiger partial charge in [-0.3, -0.25) is 0 Å². The molecule has 0 heterocycles. The first-order valence-electron chi connectivity index (χ1n) is 9.96. The maximum atomic E-state index is 14.2. The summed E-state index contributed by atoms with van der Waals surface area (Å²) in [4.78, 5) is 3.89. The predicted octanol–water partition coefficient (Wildman–Crippen LogP) is 6.20. The summed E-state index contributed by atoms with van der Waals surface area (Å²) >= 11 is 0. The molecule has 0 N–H and O–H groups in total. The number of hydrogen-bond acceptors (Lipinski definition) is 2. The lowest BCUT2D eigenvalue weighted by Gasteiger charge is -2.27. The zero-order valence-corrected chi connectivity index (χ0v) is 17.9. The molecule has 32 heavy (non-hydrogen) atoms. The first-order valence-corrected chi connectivity index (χ1v) is 11.7. The van der Waals surface area contributed by atoms with E-state index in [1.807, 2.05) is 54.6 Å². The van der Waals surface area contributed by atoms with Crippen LogP contribution >= 0.6 is 7.49 Å². The van der Waals surface area contributed by atoms with E-state index in [0.29, 0.717) is 15.9 Å². The largest absolute Gasteiger partial charge is 0.473 e. The fourth-order valence-corrected chi connectivity index (χ4v) is 6.79. The highest BCUT2D eigenvalue weighted by molar-refractivity contribution is 7.92. The molecule has 0 aliphatic heterocycles. The molecule has 0 aliphatic rings. The third-order valence-electron chi connectivity index (χ3n) is 4.81. The second-order valence-electron chi connectivity index (χ2n) is 6.96. The highest BCUT2D eigenvalue weighted by atomic mass is 31.2. The maximum absolute atomic E-state index is 14.2. The van der Waals surface area contributed by atoms with E-state index >= 15 is 0 Å². The number of aliphatic imine (C=N–C) groups is 1. The Bertz CT molecular complexity index is 1070. The summed E-state index contributed by atoms with van der Waals surface area (Å²) < 4.78 is 48.8. The molecule has 0 atom stereocenters. The number of benzene rings is 4. The summed E-state index contributed by atoms with van der Waals surface area (Å²) in [5.41, 5.74) is 0.173. The lowest BCUT2D eigenvalue weighted by Crippen LogP contribution is -2.38. The van der Waals surface area contributed by atoms with Crippen molar-refractivity contribution in [2.45, 2.75) is 6.18 Å². The van der Waals surface area contributed by atoms with Crippen LogP contribution in [0.5, 0.6) is 0 Å². The second-order valence-corrected chi connectivity index (χ2v) is 9.91. The van der Waals surface area contributed by atoms with Crippen molar-refractivity contribution in [2.24, 2.45) is 4.99 Å². The van der Waals surface area contributed by atoms with E-state index in [1.165, 1.54) is 12.1 Å². The van der Waals surface area contributed by atoms with Crippen molar-refractivity contribution in [3.63, 3.8) is 0 Å². The van der Waals surface area contributed by atoms with Gasteiger partial charge in [0.2, 0.25) is 0 Å². The fourth-order valence-electron chi connectivity index (χ4n) is 3.40. The van der Waals surface area contributed by atoms with Crippen molar-refractivity contribution in [3.05, 3.63) is 121 Å². The molecule has 6 heteroatoms. The Labute approximate surface area is 185 Å². The standard InChI is InChI=1S/C26H20F3NOP/c27-26(28,29)25(30-21-13-5-1-6-14-21)31-32(22-15-7-2-8-16-22,23-17-9-3-10-18-23)24-19-11-4-12-20-24/h1-20H/q+1. The van der Waals surface area contributed by atoms with Gasteiger partial charge in [-0.1, -0.05) is 72.8 Å². The third kappa shape index (κ3) is 4.58. The van der Waals surface area contributed by atoms with Gasteiger partial charge in [-0.05, 0) is 48.5 Å². The van der Waals surface area contributed by atoms with Crippen molar-refractivity contribution in [3.8, 4) is 0 Å². The Hall–Kier alpha value is -3.43. The topological polar surface area (TPSA) is 21.6 Å². The number of para-hydroxylation sites is 1. The van der Waals surface area contributed by atoms with Crippen LogP contribution < -0.4 is 15.9 Å². The Morgan fingerprint density at radius 3 is 1.25 bits per heavy atom. The van der Waals surface area contributed by atoms with Gasteiger partial charge >= 0.3 is 12.1 Å². The molecular formula is C26H20F3NOP+. The average Bonchev–Trinajstić information content (AvgIpc) is 2.83. The summed E-state index contributed by atoms with van der Waals surface area (Å²) in [5, 5.41) is 2.01. The van der Waals surface area contributed by atoms with E-state index in [4.69, 9.17) is 4.52 Å². The Morgan fingerprint density at radius 2 is 0.906 bits per heavy atom. The molecule has 0 unspecified atom stereocenters. The molecule has 4 rings (SSSR count). The van der Waals surface area contributed by atoms with Crippen LogP contribution in [0.3, 0.4) is 0 Å². The number of halogens is 3. The molecule has 0 amide bonds. The third-order valence-corrected chi connectivity index (χ3v) is 8.34. The minimum atomic E-state index is -4.78. The molecule has 4 aromatic carbocycles. The zero-order chi connectivity index (χ0) is 22.4. The van der Waals surface area contributed by atoms with Gasteiger partial charge < -0.3 is 4.52 Å². The minimum absolute atomic E-state index is 0.173. The molecule has 2 nitrogen and oxygen atoms in total. The van der Waals surface area contributed by atoms with Gasteiger partial charge in [0, 0.05) is 0 Å². The van der Waals surface area contributed by atoms with Crippen LogP contribution in [0.4, 0.5) is 18.9 Å². The van der Waals surface area contributed by atoms with Crippen LogP contribution in [-0.2, 0) is 4.52 Å². The fraction of sp³-hybridized carbons (Fsp3) is 0.0385. The van der Waals surface area contributed by atoms with E-state index in [-0.39, 0.29) is 5.69 Å². The Morgan fingerprint density at radius 1 is 0.562 bits per heavy atom. The molecule has 0 spiro atoms. The molecule has 4 aromatic rings. The molecule has 0 radical (unpaired) electrons. The molecule has 0 saturated heterocycles. The van der Waals surface area contributed by atoms with Gasteiger partial charge in [0.1, 0.15) is 15.9 Å². The van der Waals surface area contributed by atoms with Crippen LogP contribution in [0.25, 0.3) is 0 Å². The quantitative estimate of drug-likeness (QED) is 0.201. The van der Waals surface area contributed by atoms with Crippen LogP contribution in [0, 0.1) is 0 Å². The number of rotatable bonds is 5. The summed E-state index contributed by atoms with van der Waals surface area (Å²) in [6, 6.07) is 35.2.